The van der Waals surface area contributed by atoms with Crippen molar-refractivity contribution in [3.05, 3.63) is 66.2 Å². The van der Waals surface area contributed by atoms with Gasteiger partial charge in [0.25, 0.3) is 0 Å². The van der Waals surface area contributed by atoms with Gasteiger partial charge in [-0.15, -0.1) is 0 Å². The Hall–Kier alpha value is -4.43. The molecule has 13 heteroatoms. The number of carboxylic acid groups (broad SMARTS) is 1. The average Bonchev–Trinajstić information content (AvgIpc) is 2.97. The van der Waals surface area contributed by atoms with Gasteiger partial charge in [-0.2, -0.15) is 0 Å². The quantitative estimate of drug-likeness (QED) is 0.220. The number of benzene rings is 3. The fourth-order valence-electron chi connectivity index (χ4n) is 4.31. The number of rotatable bonds is 10. The Morgan fingerprint density at radius 2 is 1.69 bits per heavy atom. The summed E-state index contributed by atoms with van der Waals surface area (Å²) in [4.78, 5) is 37.4. The zero-order valence-corrected chi connectivity index (χ0v) is 22.9. The first-order valence-corrected chi connectivity index (χ1v) is 13.1. The Balaban J connectivity index is 1.42. The highest BCUT2D eigenvalue weighted by Crippen LogP contribution is 2.31. The van der Waals surface area contributed by atoms with Gasteiger partial charge in [-0.25, -0.2) is 9.59 Å². The van der Waals surface area contributed by atoms with Crippen molar-refractivity contribution < 1.29 is 53.8 Å². The molecule has 0 saturated carbocycles. The summed E-state index contributed by atoms with van der Waals surface area (Å²) in [6.45, 7) is 3.12. The van der Waals surface area contributed by atoms with Crippen molar-refractivity contribution in [3.63, 3.8) is 0 Å². The molecule has 0 radical (unpaired) electrons. The molecule has 3 aromatic rings. The van der Waals surface area contributed by atoms with Gasteiger partial charge in [0, 0.05) is 18.9 Å². The standard InChI is InChI=1S/C29H32N2O11/c1-3-31(15-40-21-10-6-8-18-7-4-5-9-19(18)21)29(38)39-14-17-11-12-22(20(13-17)30-16(2)32)41-28-25(35)23(33)24(34)26(42-28)27(36)37/h4-13,23-26,28,33-35H,3,14-15H2,1-2H3,(H,30,32)(H,36,37)/t23-,24?,25-,26?,28?/m0/s1. The highest BCUT2D eigenvalue weighted by Gasteiger charge is 2.48. The molecule has 1 aliphatic heterocycles. The van der Waals surface area contributed by atoms with Crippen LogP contribution in [0.2, 0.25) is 0 Å². The number of aliphatic carboxylic acids is 1. The van der Waals surface area contributed by atoms with Crippen LogP contribution < -0.4 is 14.8 Å². The van der Waals surface area contributed by atoms with E-state index in [1.165, 1.54) is 30.0 Å². The lowest BCUT2D eigenvalue weighted by Crippen LogP contribution is -2.61. The van der Waals surface area contributed by atoms with Gasteiger partial charge in [-0.05, 0) is 36.1 Å². The van der Waals surface area contributed by atoms with Gasteiger partial charge < -0.3 is 44.7 Å². The maximum absolute atomic E-state index is 12.8. The number of aliphatic hydroxyl groups excluding tert-OH is 3. The predicted octanol–water partition coefficient (Wildman–Crippen LogP) is 2.06. The topological polar surface area (TPSA) is 184 Å². The SMILES string of the molecule is CCN(COc1cccc2ccccc12)C(=O)OCc1ccc(OC2OC(C(=O)O)C(O)[C@H](O)[C@@H]2O)c(NC(C)=O)c1. The summed E-state index contributed by atoms with van der Waals surface area (Å²) >= 11 is 0. The minimum Gasteiger partial charge on any atom is -0.479 e. The first-order valence-electron chi connectivity index (χ1n) is 13.1. The molecule has 5 N–H and O–H groups in total. The molecule has 5 atom stereocenters. The van der Waals surface area contributed by atoms with Crippen molar-refractivity contribution in [2.24, 2.45) is 0 Å². The van der Waals surface area contributed by atoms with E-state index in [4.69, 9.17) is 18.9 Å². The maximum atomic E-state index is 12.8. The second-order valence-corrected chi connectivity index (χ2v) is 9.53. The largest absolute Gasteiger partial charge is 0.479 e. The summed E-state index contributed by atoms with van der Waals surface area (Å²) in [5.41, 5.74) is 0.570. The van der Waals surface area contributed by atoms with E-state index in [-0.39, 0.29) is 24.8 Å². The van der Waals surface area contributed by atoms with Crippen LogP contribution in [0.25, 0.3) is 10.8 Å². The smallest absolute Gasteiger partial charge is 0.412 e. The van der Waals surface area contributed by atoms with Crippen molar-refractivity contribution in [2.45, 2.75) is 51.2 Å². The molecule has 13 nitrogen and oxygen atoms in total. The lowest BCUT2D eigenvalue weighted by molar-refractivity contribution is -0.271. The molecule has 0 aliphatic carbocycles. The van der Waals surface area contributed by atoms with Gasteiger partial charge in [0.15, 0.2) is 12.8 Å². The Bertz CT molecular complexity index is 1430. The third-order valence-corrected chi connectivity index (χ3v) is 6.54. The van der Waals surface area contributed by atoms with Crippen LogP contribution in [0.3, 0.4) is 0 Å². The number of fused-ring (bicyclic) bond motifs is 1. The van der Waals surface area contributed by atoms with Crippen LogP contribution in [0.5, 0.6) is 11.5 Å². The number of nitrogens with one attached hydrogen (secondary N) is 1. The zero-order valence-electron chi connectivity index (χ0n) is 22.9. The number of carbonyl (C=O) groups excluding carboxylic acids is 2. The molecule has 0 spiro atoms. The molecule has 0 bridgehead atoms. The van der Waals surface area contributed by atoms with Crippen LogP contribution in [0.15, 0.2) is 60.7 Å². The lowest BCUT2D eigenvalue weighted by atomic mass is 9.99. The van der Waals surface area contributed by atoms with Gasteiger partial charge in [-0.3, -0.25) is 9.69 Å². The van der Waals surface area contributed by atoms with E-state index < -0.39 is 48.7 Å². The van der Waals surface area contributed by atoms with E-state index in [9.17, 15) is 34.8 Å². The second kappa shape index (κ2) is 13.5. The first-order chi connectivity index (χ1) is 20.1. The molecule has 224 valence electrons. The number of hydrogen-bond donors (Lipinski definition) is 5. The molecule has 1 aliphatic rings. The van der Waals surface area contributed by atoms with Crippen molar-refractivity contribution in [3.8, 4) is 11.5 Å². The first kappa shape index (κ1) is 30.5. The normalized spacial score (nSPS) is 21.8. The molecule has 3 aromatic carbocycles. The molecule has 0 aromatic heterocycles. The Morgan fingerprint density at radius 3 is 2.40 bits per heavy atom. The van der Waals surface area contributed by atoms with Crippen LogP contribution in [-0.2, 0) is 25.7 Å². The molecule has 4 rings (SSSR count). The minimum absolute atomic E-state index is 0.0317. The van der Waals surface area contributed by atoms with Gasteiger partial charge in [0.05, 0.1) is 5.69 Å². The number of aliphatic hydroxyl groups is 3. The Morgan fingerprint density at radius 1 is 0.952 bits per heavy atom. The van der Waals surface area contributed by atoms with Crippen LogP contribution in [-0.4, -0.2) is 87.3 Å². The van der Waals surface area contributed by atoms with Crippen LogP contribution in [0.1, 0.15) is 19.4 Å². The van der Waals surface area contributed by atoms with Gasteiger partial charge in [-0.1, -0.05) is 42.5 Å². The monoisotopic (exact) mass is 584 g/mol. The summed E-state index contributed by atoms with van der Waals surface area (Å²) in [7, 11) is 0. The minimum atomic E-state index is -1.88. The molecule has 1 fully saturated rings. The van der Waals surface area contributed by atoms with Crippen LogP contribution in [0, 0.1) is 0 Å². The molecule has 1 saturated heterocycles. The number of carbonyl (C=O) groups is 3. The van der Waals surface area contributed by atoms with Crippen molar-refractivity contribution in [2.75, 3.05) is 18.6 Å². The molecular formula is C29H32N2O11. The average molecular weight is 585 g/mol. The third-order valence-electron chi connectivity index (χ3n) is 6.54. The summed E-state index contributed by atoms with van der Waals surface area (Å²) in [5, 5.41) is 43.9. The number of nitrogens with zero attached hydrogens (tertiary/aromatic N) is 1. The fraction of sp³-hybridized carbons (Fsp3) is 0.345. The number of carboxylic acids is 1. The van der Waals surface area contributed by atoms with E-state index in [0.717, 1.165) is 10.8 Å². The fourth-order valence-corrected chi connectivity index (χ4v) is 4.31. The highest BCUT2D eigenvalue weighted by atomic mass is 16.7. The summed E-state index contributed by atoms with van der Waals surface area (Å²) < 4.78 is 22.1. The van der Waals surface area contributed by atoms with Gasteiger partial charge >= 0.3 is 12.1 Å². The van der Waals surface area contributed by atoms with Crippen molar-refractivity contribution >= 4 is 34.4 Å². The lowest BCUT2D eigenvalue weighted by Gasteiger charge is -2.38. The molecule has 2 amide bonds. The number of anilines is 1. The number of ether oxygens (including phenoxy) is 4. The Labute approximate surface area is 240 Å². The molecular weight excluding hydrogens is 552 g/mol. The summed E-state index contributed by atoms with van der Waals surface area (Å²) in [6, 6.07) is 17.7. The van der Waals surface area contributed by atoms with Crippen LogP contribution >= 0.6 is 0 Å². The summed E-state index contributed by atoms with van der Waals surface area (Å²) in [6.07, 6.45) is -9.71. The Kier molecular flexibility index (Phi) is 9.80. The van der Waals surface area contributed by atoms with Gasteiger partial charge in [0.2, 0.25) is 12.2 Å². The van der Waals surface area contributed by atoms with Crippen LogP contribution in [0.4, 0.5) is 10.5 Å². The van der Waals surface area contributed by atoms with E-state index in [1.54, 1.807) is 6.92 Å². The van der Waals surface area contributed by atoms with E-state index in [0.29, 0.717) is 17.9 Å². The van der Waals surface area contributed by atoms with E-state index in [2.05, 4.69) is 5.32 Å². The predicted molar refractivity (Wildman–Crippen MR) is 148 cm³/mol. The second-order valence-electron chi connectivity index (χ2n) is 9.53. The van der Waals surface area contributed by atoms with E-state index >= 15 is 0 Å². The molecule has 42 heavy (non-hydrogen) atoms. The van der Waals surface area contributed by atoms with Crippen molar-refractivity contribution in [1.29, 1.82) is 0 Å². The maximum Gasteiger partial charge on any atom is 0.412 e. The summed E-state index contributed by atoms with van der Waals surface area (Å²) in [5.74, 6) is -1.44. The number of amides is 2. The van der Waals surface area contributed by atoms with E-state index in [1.807, 2.05) is 42.5 Å². The highest BCUT2D eigenvalue weighted by molar-refractivity contribution is 5.90. The molecule has 3 unspecified atom stereocenters. The molecule has 1 heterocycles. The van der Waals surface area contributed by atoms with Crippen molar-refractivity contribution in [1.82, 2.24) is 4.90 Å². The number of hydrogen-bond acceptors (Lipinski definition) is 10. The third kappa shape index (κ3) is 7.06. The van der Waals surface area contributed by atoms with Gasteiger partial charge in [0.1, 0.15) is 36.4 Å². The zero-order chi connectivity index (χ0) is 30.4.